The lowest BCUT2D eigenvalue weighted by atomic mass is 9.96. The highest BCUT2D eigenvalue weighted by molar-refractivity contribution is 6.35. The number of carbonyl (C=O) groups excluding carboxylic acids is 1. The molecular formula is C19H19Cl2FN2O. The fourth-order valence-electron chi connectivity index (χ4n) is 3.10. The molecular weight excluding hydrogens is 362 g/mol. The van der Waals surface area contributed by atoms with Crippen molar-refractivity contribution in [2.24, 2.45) is 5.92 Å². The highest BCUT2D eigenvalue weighted by Crippen LogP contribution is 2.25. The van der Waals surface area contributed by atoms with E-state index in [0.29, 0.717) is 23.1 Å². The van der Waals surface area contributed by atoms with Crippen molar-refractivity contribution in [3.8, 4) is 0 Å². The van der Waals surface area contributed by atoms with Gasteiger partial charge in [-0.05, 0) is 49.2 Å². The van der Waals surface area contributed by atoms with Crippen LogP contribution in [0.15, 0.2) is 42.5 Å². The number of rotatable bonds is 4. The van der Waals surface area contributed by atoms with Crippen molar-refractivity contribution >= 4 is 34.8 Å². The van der Waals surface area contributed by atoms with Gasteiger partial charge < -0.3 is 5.32 Å². The van der Waals surface area contributed by atoms with Crippen molar-refractivity contribution in [3.05, 3.63) is 63.9 Å². The smallest absolute Gasteiger partial charge is 0.228 e. The van der Waals surface area contributed by atoms with Gasteiger partial charge >= 0.3 is 0 Å². The number of para-hydroxylation sites is 1. The highest BCUT2D eigenvalue weighted by atomic mass is 35.5. The van der Waals surface area contributed by atoms with Crippen molar-refractivity contribution in [1.29, 1.82) is 0 Å². The van der Waals surface area contributed by atoms with Crippen LogP contribution in [0.2, 0.25) is 10.0 Å². The monoisotopic (exact) mass is 380 g/mol. The number of nitrogens with one attached hydrogen (secondary N) is 1. The summed E-state index contributed by atoms with van der Waals surface area (Å²) in [6, 6.07) is 11.7. The molecule has 1 aliphatic heterocycles. The van der Waals surface area contributed by atoms with E-state index in [1.807, 2.05) is 12.1 Å². The minimum atomic E-state index is -0.420. The molecule has 1 aliphatic rings. The number of benzene rings is 2. The third-order valence-electron chi connectivity index (χ3n) is 4.42. The van der Waals surface area contributed by atoms with Crippen LogP contribution in [0.5, 0.6) is 0 Å². The molecule has 1 N–H and O–H groups in total. The Hall–Kier alpha value is -1.62. The zero-order valence-corrected chi connectivity index (χ0v) is 15.2. The number of hydrogen-bond acceptors (Lipinski definition) is 2. The average Bonchev–Trinajstić information content (AvgIpc) is 2.60. The van der Waals surface area contributed by atoms with Gasteiger partial charge in [-0.15, -0.1) is 0 Å². The van der Waals surface area contributed by atoms with Crippen molar-refractivity contribution in [2.75, 3.05) is 18.4 Å². The van der Waals surface area contributed by atoms with E-state index in [-0.39, 0.29) is 17.5 Å². The van der Waals surface area contributed by atoms with E-state index in [9.17, 15) is 9.18 Å². The molecule has 0 aliphatic carbocycles. The van der Waals surface area contributed by atoms with Gasteiger partial charge in [-0.25, -0.2) is 4.39 Å². The van der Waals surface area contributed by atoms with Gasteiger partial charge in [0.2, 0.25) is 5.91 Å². The van der Waals surface area contributed by atoms with Gasteiger partial charge in [0.1, 0.15) is 5.82 Å². The summed E-state index contributed by atoms with van der Waals surface area (Å²) in [6.07, 6.45) is 1.71. The highest BCUT2D eigenvalue weighted by Gasteiger charge is 2.26. The summed E-state index contributed by atoms with van der Waals surface area (Å²) < 4.78 is 13.7. The fourth-order valence-corrected chi connectivity index (χ4v) is 3.57. The summed E-state index contributed by atoms with van der Waals surface area (Å²) in [4.78, 5) is 14.7. The van der Waals surface area contributed by atoms with Gasteiger partial charge in [0.15, 0.2) is 0 Å². The maximum atomic E-state index is 13.7. The first kappa shape index (κ1) is 18.2. The summed E-state index contributed by atoms with van der Waals surface area (Å²) in [5.74, 6) is -0.729. The molecule has 1 saturated heterocycles. The Bertz CT molecular complexity index is 769. The lowest BCUT2D eigenvalue weighted by Gasteiger charge is -2.32. The number of nitrogens with zero attached hydrogens (tertiary/aromatic N) is 1. The minimum Gasteiger partial charge on any atom is -0.323 e. The first-order valence-corrected chi connectivity index (χ1v) is 9.00. The molecule has 0 bridgehead atoms. The number of halogens is 3. The summed E-state index contributed by atoms with van der Waals surface area (Å²) in [5.41, 5.74) is 1.21. The predicted octanol–water partition coefficient (Wildman–Crippen LogP) is 4.98. The summed E-state index contributed by atoms with van der Waals surface area (Å²) in [6.45, 7) is 2.20. The molecule has 2 aromatic rings. The van der Waals surface area contributed by atoms with Crippen LogP contribution in [0.3, 0.4) is 0 Å². The number of piperidine rings is 1. The standard InChI is InChI=1S/C19H19Cl2FN2O/c20-15-8-7-13(16(21)10-15)11-24-9-3-4-14(12-24)19(25)23-18-6-2-1-5-17(18)22/h1-2,5-8,10,14H,3-4,9,11-12H2,(H,23,25)/t14-/m1/s1. The van der Waals surface area contributed by atoms with Crippen molar-refractivity contribution in [1.82, 2.24) is 4.90 Å². The van der Waals surface area contributed by atoms with E-state index in [0.717, 1.165) is 24.9 Å². The molecule has 1 fully saturated rings. The van der Waals surface area contributed by atoms with Crippen molar-refractivity contribution in [2.45, 2.75) is 19.4 Å². The second kappa shape index (κ2) is 8.17. The Kier molecular flexibility index (Phi) is 5.94. The van der Waals surface area contributed by atoms with Crippen LogP contribution in [0.25, 0.3) is 0 Å². The van der Waals surface area contributed by atoms with E-state index in [4.69, 9.17) is 23.2 Å². The van der Waals surface area contributed by atoms with Gasteiger partial charge in [0.25, 0.3) is 0 Å². The summed E-state index contributed by atoms with van der Waals surface area (Å²) in [7, 11) is 0. The van der Waals surface area contributed by atoms with Crippen LogP contribution in [-0.4, -0.2) is 23.9 Å². The topological polar surface area (TPSA) is 32.3 Å². The first-order chi connectivity index (χ1) is 12.0. The molecule has 6 heteroatoms. The Morgan fingerprint density at radius 1 is 1.24 bits per heavy atom. The first-order valence-electron chi connectivity index (χ1n) is 8.24. The second-order valence-corrected chi connectivity index (χ2v) is 7.12. The third-order valence-corrected chi connectivity index (χ3v) is 5.00. The maximum Gasteiger partial charge on any atom is 0.228 e. The van der Waals surface area contributed by atoms with Crippen molar-refractivity contribution < 1.29 is 9.18 Å². The number of likely N-dealkylation sites (tertiary alicyclic amines) is 1. The lowest BCUT2D eigenvalue weighted by Crippen LogP contribution is -2.40. The normalized spacial score (nSPS) is 18.1. The summed E-state index contributed by atoms with van der Waals surface area (Å²) >= 11 is 12.2. The van der Waals surface area contributed by atoms with Gasteiger partial charge in [-0.2, -0.15) is 0 Å². The van der Waals surface area contributed by atoms with Gasteiger partial charge in [0.05, 0.1) is 11.6 Å². The predicted molar refractivity (Wildman–Crippen MR) is 99.5 cm³/mol. The average molecular weight is 381 g/mol. The van der Waals surface area contributed by atoms with E-state index in [2.05, 4.69) is 10.2 Å². The number of anilines is 1. The molecule has 0 unspecified atom stereocenters. The number of hydrogen-bond donors (Lipinski definition) is 1. The number of amides is 1. The molecule has 0 aromatic heterocycles. The molecule has 3 rings (SSSR count). The Labute approximate surface area is 156 Å². The third kappa shape index (κ3) is 4.72. The van der Waals surface area contributed by atoms with Gasteiger partial charge in [-0.1, -0.05) is 41.4 Å². The fraction of sp³-hybridized carbons (Fsp3) is 0.316. The second-order valence-electron chi connectivity index (χ2n) is 6.28. The molecule has 132 valence electrons. The molecule has 0 radical (unpaired) electrons. The molecule has 3 nitrogen and oxygen atoms in total. The molecule has 1 amide bonds. The van der Waals surface area contributed by atoms with E-state index >= 15 is 0 Å². The van der Waals surface area contributed by atoms with Crippen LogP contribution in [0.1, 0.15) is 18.4 Å². The van der Waals surface area contributed by atoms with E-state index < -0.39 is 5.82 Å². The molecule has 0 saturated carbocycles. The molecule has 2 aromatic carbocycles. The van der Waals surface area contributed by atoms with E-state index in [1.54, 1.807) is 24.3 Å². The van der Waals surface area contributed by atoms with Crippen LogP contribution >= 0.6 is 23.2 Å². The molecule has 0 spiro atoms. The van der Waals surface area contributed by atoms with Crippen LogP contribution in [-0.2, 0) is 11.3 Å². The molecule has 1 heterocycles. The lowest BCUT2D eigenvalue weighted by molar-refractivity contribution is -0.121. The Morgan fingerprint density at radius 3 is 2.80 bits per heavy atom. The van der Waals surface area contributed by atoms with Crippen LogP contribution < -0.4 is 5.32 Å². The van der Waals surface area contributed by atoms with E-state index in [1.165, 1.54) is 6.07 Å². The van der Waals surface area contributed by atoms with Crippen molar-refractivity contribution in [3.63, 3.8) is 0 Å². The zero-order valence-electron chi connectivity index (χ0n) is 13.6. The minimum absolute atomic E-state index is 0.142. The van der Waals surface area contributed by atoms with Gasteiger partial charge in [-0.3, -0.25) is 9.69 Å². The zero-order chi connectivity index (χ0) is 17.8. The van der Waals surface area contributed by atoms with Crippen LogP contribution in [0.4, 0.5) is 10.1 Å². The summed E-state index contributed by atoms with van der Waals surface area (Å²) in [5, 5.41) is 3.94. The largest absolute Gasteiger partial charge is 0.323 e. The quantitative estimate of drug-likeness (QED) is 0.810. The maximum absolute atomic E-state index is 13.7. The SMILES string of the molecule is O=C(Nc1ccccc1F)[C@@H]1CCCN(Cc2ccc(Cl)cc2Cl)C1. The van der Waals surface area contributed by atoms with Crippen LogP contribution in [0, 0.1) is 11.7 Å². The van der Waals surface area contributed by atoms with Gasteiger partial charge in [0, 0.05) is 23.1 Å². The Balaban J connectivity index is 1.62. The molecule has 1 atom stereocenters. The molecule has 25 heavy (non-hydrogen) atoms. The Morgan fingerprint density at radius 2 is 2.04 bits per heavy atom. The number of carbonyl (C=O) groups is 1.